The van der Waals surface area contributed by atoms with Crippen molar-refractivity contribution in [2.45, 2.75) is 37.9 Å². The normalized spacial score (nSPS) is 21.1. The Hall–Kier alpha value is -0.180. The van der Waals surface area contributed by atoms with Crippen molar-refractivity contribution in [2.24, 2.45) is 11.7 Å². The molecule has 1 aliphatic carbocycles. The minimum absolute atomic E-state index is 0.00870. The monoisotopic (exact) mass is 187 g/mol. The van der Waals surface area contributed by atoms with Crippen LogP contribution in [-0.4, -0.2) is 16.9 Å². The second kappa shape index (κ2) is 4.75. The van der Waals surface area contributed by atoms with Gasteiger partial charge in [-0.1, -0.05) is 12.8 Å². The van der Waals surface area contributed by atoms with Crippen molar-refractivity contribution < 1.29 is 4.79 Å². The number of amides is 1. The molecule has 0 aromatic carbocycles. The standard InChI is InChI=1S/C9H17NOS/c1-7(9(10)11)12-6-8-4-2-3-5-8/h7-8H,2-6H2,1H3,(H2,10,11). The van der Waals surface area contributed by atoms with Gasteiger partial charge < -0.3 is 5.73 Å². The summed E-state index contributed by atoms with van der Waals surface area (Å²) < 4.78 is 0. The third-order valence-corrected chi connectivity index (χ3v) is 3.85. The Bertz CT molecular complexity index is 155. The highest BCUT2D eigenvalue weighted by Crippen LogP contribution is 2.29. The fourth-order valence-electron chi connectivity index (χ4n) is 1.54. The molecule has 0 radical (unpaired) electrons. The zero-order valence-electron chi connectivity index (χ0n) is 7.58. The molecule has 1 atom stereocenters. The van der Waals surface area contributed by atoms with Gasteiger partial charge in [-0.3, -0.25) is 4.79 Å². The van der Waals surface area contributed by atoms with E-state index in [1.807, 2.05) is 6.92 Å². The fraction of sp³-hybridized carbons (Fsp3) is 0.889. The van der Waals surface area contributed by atoms with Crippen molar-refractivity contribution in [1.29, 1.82) is 0 Å². The van der Waals surface area contributed by atoms with Crippen LogP contribution in [0.4, 0.5) is 0 Å². The van der Waals surface area contributed by atoms with Crippen molar-refractivity contribution in [3.8, 4) is 0 Å². The second-order valence-corrected chi connectivity index (χ2v) is 4.90. The molecule has 1 rings (SSSR count). The van der Waals surface area contributed by atoms with Gasteiger partial charge in [0.05, 0.1) is 5.25 Å². The summed E-state index contributed by atoms with van der Waals surface area (Å²) in [6.45, 7) is 1.89. The lowest BCUT2D eigenvalue weighted by Gasteiger charge is -2.11. The molecule has 0 spiro atoms. The molecular formula is C9H17NOS. The van der Waals surface area contributed by atoms with Crippen molar-refractivity contribution >= 4 is 17.7 Å². The number of thioether (sulfide) groups is 1. The van der Waals surface area contributed by atoms with Gasteiger partial charge in [0.15, 0.2) is 0 Å². The summed E-state index contributed by atoms with van der Waals surface area (Å²) in [6, 6.07) is 0. The van der Waals surface area contributed by atoms with E-state index in [1.54, 1.807) is 11.8 Å². The average Bonchev–Trinajstić information content (AvgIpc) is 2.51. The maximum atomic E-state index is 10.7. The van der Waals surface area contributed by atoms with E-state index in [2.05, 4.69) is 0 Å². The smallest absolute Gasteiger partial charge is 0.230 e. The van der Waals surface area contributed by atoms with Gasteiger partial charge in [-0.2, -0.15) is 0 Å². The molecule has 0 aromatic rings. The molecule has 0 heterocycles. The quantitative estimate of drug-likeness (QED) is 0.729. The van der Waals surface area contributed by atoms with Gasteiger partial charge in [-0.15, -0.1) is 11.8 Å². The first-order valence-electron chi connectivity index (χ1n) is 4.61. The number of nitrogens with two attached hydrogens (primary N) is 1. The molecule has 2 N–H and O–H groups in total. The summed E-state index contributed by atoms with van der Waals surface area (Å²) in [5.74, 6) is 1.78. The van der Waals surface area contributed by atoms with Crippen molar-refractivity contribution in [1.82, 2.24) is 0 Å². The topological polar surface area (TPSA) is 43.1 Å². The highest BCUT2D eigenvalue weighted by Gasteiger charge is 2.17. The number of hydrogen-bond donors (Lipinski definition) is 1. The van der Waals surface area contributed by atoms with E-state index in [0.717, 1.165) is 11.7 Å². The van der Waals surface area contributed by atoms with Crippen LogP contribution in [0.3, 0.4) is 0 Å². The molecule has 0 saturated heterocycles. The van der Waals surface area contributed by atoms with Gasteiger partial charge in [0.2, 0.25) is 5.91 Å². The van der Waals surface area contributed by atoms with E-state index >= 15 is 0 Å². The lowest BCUT2D eigenvalue weighted by atomic mass is 10.1. The first kappa shape index (κ1) is 9.90. The number of carbonyl (C=O) groups is 1. The van der Waals surface area contributed by atoms with Crippen LogP contribution in [-0.2, 0) is 4.79 Å². The van der Waals surface area contributed by atoms with Crippen LogP contribution in [0.5, 0.6) is 0 Å². The van der Waals surface area contributed by atoms with Crippen LogP contribution in [0.25, 0.3) is 0 Å². The number of carbonyl (C=O) groups excluding carboxylic acids is 1. The van der Waals surface area contributed by atoms with Crippen molar-refractivity contribution in [2.75, 3.05) is 5.75 Å². The van der Waals surface area contributed by atoms with Crippen LogP contribution in [0.2, 0.25) is 0 Å². The van der Waals surface area contributed by atoms with E-state index in [9.17, 15) is 4.79 Å². The van der Waals surface area contributed by atoms with Gasteiger partial charge in [-0.05, 0) is 31.4 Å². The molecule has 0 bridgehead atoms. The summed E-state index contributed by atoms with van der Waals surface area (Å²) >= 11 is 1.71. The molecule has 70 valence electrons. The fourth-order valence-corrected chi connectivity index (χ4v) is 2.60. The zero-order valence-corrected chi connectivity index (χ0v) is 8.40. The highest BCUT2D eigenvalue weighted by molar-refractivity contribution is 8.00. The number of rotatable bonds is 4. The van der Waals surface area contributed by atoms with Gasteiger partial charge in [0.1, 0.15) is 0 Å². The summed E-state index contributed by atoms with van der Waals surface area (Å²) in [7, 11) is 0. The Morgan fingerprint density at radius 3 is 2.67 bits per heavy atom. The van der Waals surface area contributed by atoms with Crippen molar-refractivity contribution in [3.63, 3.8) is 0 Å². The Balaban J connectivity index is 2.11. The summed E-state index contributed by atoms with van der Waals surface area (Å²) in [5, 5.41) is -0.00870. The van der Waals surface area contributed by atoms with E-state index in [0.29, 0.717) is 0 Å². The van der Waals surface area contributed by atoms with Gasteiger partial charge in [0, 0.05) is 0 Å². The molecule has 1 unspecified atom stereocenters. The predicted octanol–water partition coefficient (Wildman–Crippen LogP) is 1.78. The third kappa shape index (κ3) is 3.05. The van der Waals surface area contributed by atoms with Crippen LogP contribution >= 0.6 is 11.8 Å². The molecule has 3 heteroatoms. The Labute approximate surface area is 78.3 Å². The zero-order chi connectivity index (χ0) is 8.97. The lowest BCUT2D eigenvalue weighted by molar-refractivity contribution is -0.117. The first-order valence-corrected chi connectivity index (χ1v) is 5.66. The van der Waals surface area contributed by atoms with Crippen LogP contribution in [0, 0.1) is 5.92 Å². The third-order valence-electron chi connectivity index (χ3n) is 2.46. The molecule has 1 aliphatic rings. The number of hydrogen-bond acceptors (Lipinski definition) is 2. The summed E-state index contributed by atoms with van der Waals surface area (Å²) in [5.41, 5.74) is 5.16. The lowest BCUT2D eigenvalue weighted by Crippen LogP contribution is -2.23. The first-order chi connectivity index (χ1) is 5.70. The Morgan fingerprint density at radius 2 is 2.17 bits per heavy atom. The molecule has 2 nitrogen and oxygen atoms in total. The maximum Gasteiger partial charge on any atom is 0.230 e. The summed E-state index contributed by atoms with van der Waals surface area (Å²) in [4.78, 5) is 10.7. The molecular weight excluding hydrogens is 170 g/mol. The van der Waals surface area contributed by atoms with Gasteiger partial charge in [0.25, 0.3) is 0 Å². The van der Waals surface area contributed by atoms with E-state index in [-0.39, 0.29) is 11.2 Å². The van der Waals surface area contributed by atoms with Gasteiger partial charge in [-0.25, -0.2) is 0 Å². The maximum absolute atomic E-state index is 10.7. The summed E-state index contributed by atoms with van der Waals surface area (Å²) in [6.07, 6.45) is 5.43. The minimum Gasteiger partial charge on any atom is -0.369 e. The average molecular weight is 187 g/mol. The molecule has 0 aromatic heterocycles. The van der Waals surface area contributed by atoms with Crippen LogP contribution in [0.15, 0.2) is 0 Å². The van der Waals surface area contributed by atoms with Crippen molar-refractivity contribution in [3.05, 3.63) is 0 Å². The highest BCUT2D eigenvalue weighted by atomic mass is 32.2. The molecule has 1 saturated carbocycles. The Kier molecular flexibility index (Phi) is 3.92. The van der Waals surface area contributed by atoms with Gasteiger partial charge >= 0.3 is 0 Å². The molecule has 1 amide bonds. The predicted molar refractivity (Wildman–Crippen MR) is 53.1 cm³/mol. The molecule has 12 heavy (non-hydrogen) atoms. The number of primary amides is 1. The van der Waals surface area contributed by atoms with E-state index < -0.39 is 0 Å². The molecule has 0 aliphatic heterocycles. The van der Waals surface area contributed by atoms with Crippen LogP contribution in [0.1, 0.15) is 32.6 Å². The Morgan fingerprint density at radius 1 is 1.58 bits per heavy atom. The second-order valence-electron chi connectivity index (χ2n) is 3.53. The largest absolute Gasteiger partial charge is 0.369 e. The molecule has 1 fully saturated rings. The van der Waals surface area contributed by atoms with E-state index in [4.69, 9.17) is 5.73 Å². The minimum atomic E-state index is -0.182. The van der Waals surface area contributed by atoms with Crippen LogP contribution < -0.4 is 5.73 Å². The SMILES string of the molecule is CC(SCC1CCCC1)C(N)=O. The van der Waals surface area contributed by atoms with E-state index in [1.165, 1.54) is 25.7 Å².